The number of piperidine rings is 1. The topological polar surface area (TPSA) is 70.2 Å². The Bertz CT molecular complexity index is 671. The van der Waals surface area contributed by atoms with Crippen molar-refractivity contribution in [1.82, 2.24) is 14.9 Å². The second kappa shape index (κ2) is 6.71. The summed E-state index contributed by atoms with van der Waals surface area (Å²) < 4.78 is 5.54. The number of hydrogen-bond donors (Lipinski definition) is 2. The number of rotatable bonds is 3. The second-order valence-electron chi connectivity index (χ2n) is 7.31. The summed E-state index contributed by atoms with van der Waals surface area (Å²) in [6.45, 7) is 7.12. The van der Waals surface area contributed by atoms with Gasteiger partial charge in [-0.2, -0.15) is 0 Å². The predicted octanol–water partition coefficient (Wildman–Crippen LogP) is 3.76. The van der Waals surface area contributed by atoms with Crippen LogP contribution in [0.2, 0.25) is 0 Å². The molecule has 0 aliphatic carbocycles. The molecule has 1 atom stereocenters. The number of likely N-dealkylation sites (tertiary alicyclic amines) is 1. The van der Waals surface area contributed by atoms with E-state index in [0.717, 1.165) is 42.8 Å². The molecule has 0 unspecified atom stereocenters. The van der Waals surface area contributed by atoms with Crippen molar-refractivity contribution in [2.24, 2.45) is 0 Å². The average molecular weight is 330 g/mol. The quantitative estimate of drug-likeness (QED) is 0.899. The van der Waals surface area contributed by atoms with Gasteiger partial charge in [-0.25, -0.2) is 9.78 Å². The lowest BCUT2D eigenvalue weighted by molar-refractivity contribution is 0.0114. The third kappa shape index (κ3) is 3.99. The Hall–Kier alpha value is -2.24. The van der Waals surface area contributed by atoms with Gasteiger partial charge in [0.1, 0.15) is 5.60 Å². The van der Waals surface area contributed by atoms with Crippen LogP contribution in [-0.2, 0) is 4.74 Å². The Morgan fingerprint density at radius 2 is 2.17 bits per heavy atom. The fourth-order valence-corrected chi connectivity index (χ4v) is 3.02. The Kier molecular flexibility index (Phi) is 4.64. The normalized spacial score (nSPS) is 18.6. The molecule has 1 aromatic carbocycles. The molecule has 0 spiro atoms. The lowest BCUT2D eigenvalue weighted by Crippen LogP contribution is -2.48. The van der Waals surface area contributed by atoms with Crippen molar-refractivity contribution in [1.29, 1.82) is 0 Å². The summed E-state index contributed by atoms with van der Waals surface area (Å²) in [7, 11) is 0. The van der Waals surface area contributed by atoms with E-state index in [1.54, 1.807) is 0 Å². The molecule has 130 valence electrons. The van der Waals surface area contributed by atoms with Crippen molar-refractivity contribution >= 4 is 23.1 Å². The lowest BCUT2D eigenvalue weighted by atomic mass is 10.0. The molecule has 3 rings (SSSR count). The van der Waals surface area contributed by atoms with Gasteiger partial charge in [0.05, 0.1) is 17.1 Å². The minimum Gasteiger partial charge on any atom is -0.444 e. The maximum absolute atomic E-state index is 12.4. The maximum atomic E-state index is 12.4. The van der Waals surface area contributed by atoms with Crippen LogP contribution in [-0.4, -0.2) is 45.7 Å². The highest BCUT2D eigenvalue weighted by Crippen LogP contribution is 2.21. The first-order valence-corrected chi connectivity index (χ1v) is 8.61. The third-order valence-electron chi connectivity index (χ3n) is 4.15. The van der Waals surface area contributed by atoms with Crippen LogP contribution in [0.25, 0.3) is 11.0 Å². The van der Waals surface area contributed by atoms with Crippen molar-refractivity contribution in [2.75, 3.05) is 18.4 Å². The first-order chi connectivity index (χ1) is 11.4. The Balaban J connectivity index is 1.64. The fourth-order valence-electron chi connectivity index (χ4n) is 3.02. The molecule has 0 bridgehead atoms. The number of carbonyl (C=O) groups is 1. The number of nitrogens with zero attached hydrogens (tertiary/aromatic N) is 2. The molecule has 2 heterocycles. The van der Waals surface area contributed by atoms with Crippen LogP contribution in [0, 0.1) is 0 Å². The fraction of sp³-hybridized carbons (Fsp3) is 0.556. The van der Waals surface area contributed by atoms with Gasteiger partial charge in [0, 0.05) is 13.1 Å². The van der Waals surface area contributed by atoms with E-state index in [-0.39, 0.29) is 12.1 Å². The zero-order chi connectivity index (χ0) is 17.2. The summed E-state index contributed by atoms with van der Waals surface area (Å²) in [6, 6.07) is 8.06. The number of aromatic amines is 1. The summed E-state index contributed by atoms with van der Waals surface area (Å²) >= 11 is 0. The largest absolute Gasteiger partial charge is 0.444 e. The molecule has 0 saturated carbocycles. The number of nitrogens with one attached hydrogen (secondary N) is 2. The van der Waals surface area contributed by atoms with E-state index in [1.165, 1.54) is 0 Å². The van der Waals surface area contributed by atoms with Crippen LogP contribution in [0.3, 0.4) is 0 Å². The number of benzene rings is 1. The molecule has 24 heavy (non-hydrogen) atoms. The molecule has 1 aromatic heterocycles. The number of imidazole rings is 1. The van der Waals surface area contributed by atoms with E-state index in [0.29, 0.717) is 6.54 Å². The summed E-state index contributed by atoms with van der Waals surface area (Å²) in [6.07, 6.45) is 2.91. The van der Waals surface area contributed by atoms with Gasteiger partial charge in [-0.3, -0.25) is 0 Å². The molecule has 6 heteroatoms. The van der Waals surface area contributed by atoms with E-state index >= 15 is 0 Å². The average Bonchev–Trinajstić information content (AvgIpc) is 2.94. The highest BCUT2D eigenvalue weighted by molar-refractivity contribution is 5.77. The summed E-state index contributed by atoms with van der Waals surface area (Å²) in [5.74, 6) is 0.742. The first-order valence-electron chi connectivity index (χ1n) is 8.61. The van der Waals surface area contributed by atoms with Crippen LogP contribution in [0.1, 0.15) is 40.0 Å². The van der Waals surface area contributed by atoms with E-state index < -0.39 is 5.60 Å². The molecular weight excluding hydrogens is 304 g/mol. The smallest absolute Gasteiger partial charge is 0.410 e. The van der Waals surface area contributed by atoms with Gasteiger partial charge in [-0.05, 0) is 52.2 Å². The highest BCUT2D eigenvalue weighted by atomic mass is 16.6. The van der Waals surface area contributed by atoms with E-state index in [1.807, 2.05) is 49.9 Å². The van der Waals surface area contributed by atoms with Gasteiger partial charge in [-0.1, -0.05) is 12.1 Å². The Morgan fingerprint density at radius 3 is 2.92 bits per heavy atom. The molecule has 2 N–H and O–H groups in total. The monoisotopic (exact) mass is 330 g/mol. The molecule has 2 aromatic rings. The van der Waals surface area contributed by atoms with Gasteiger partial charge in [0.2, 0.25) is 5.95 Å². The molecule has 1 fully saturated rings. The van der Waals surface area contributed by atoms with Crippen LogP contribution in [0.5, 0.6) is 0 Å². The summed E-state index contributed by atoms with van der Waals surface area (Å²) in [5.41, 5.74) is 1.48. The Morgan fingerprint density at radius 1 is 1.38 bits per heavy atom. The van der Waals surface area contributed by atoms with E-state index in [2.05, 4.69) is 15.3 Å². The number of H-pyrrole nitrogens is 1. The second-order valence-corrected chi connectivity index (χ2v) is 7.31. The highest BCUT2D eigenvalue weighted by Gasteiger charge is 2.30. The molecule has 1 aliphatic heterocycles. The number of para-hydroxylation sites is 2. The van der Waals surface area contributed by atoms with Crippen LogP contribution >= 0.6 is 0 Å². The van der Waals surface area contributed by atoms with E-state index in [4.69, 9.17) is 4.74 Å². The number of aromatic nitrogens is 2. The predicted molar refractivity (Wildman–Crippen MR) is 95.2 cm³/mol. The van der Waals surface area contributed by atoms with Gasteiger partial charge in [-0.15, -0.1) is 0 Å². The SMILES string of the molecule is CC(C)(C)OC(=O)N1CCCC[C@@H]1CNc1nc2ccccc2[nH]1. The van der Waals surface area contributed by atoms with Gasteiger partial charge in [0.15, 0.2) is 0 Å². The molecule has 1 saturated heterocycles. The minimum atomic E-state index is -0.467. The Labute approximate surface area is 142 Å². The molecule has 1 amide bonds. The zero-order valence-corrected chi connectivity index (χ0v) is 14.6. The standard InChI is InChI=1S/C18H26N4O2/c1-18(2,3)24-17(23)22-11-7-6-8-13(22)12-19-16-20-14-9-4-5-10-15(14)21-16/h4-5,9-10,13H,6-8,11-12H2,1-3H3,(H2,19,20,21)/t13-/m1/s1. The van der Waals surface area contributed by atoms with E-state index in [9.17, 15) is 4.79 Å². The minimum absolute atomic E-state index is 0.127. The van der Waals surface area contributed by atoms with Crippen molar-refractivity contribution in [2.45, 2.75) is 51.7 Å². The number of anilines is 1. The van der Waals surface area contributed by atoms with Gasteiger partial charge >= 0.3 is 6.09 Å². The van der Waals surface area contributed by atoms with Crippen LogP contribution in [0.15, 0.2) is 24.3 Å². The van der Waals surface area contributed by atoms with Gasteiger partial charge < -0.3 is 19.9 Å². The van der Waals surface area contributed by atoms with Crippen LogP contribution < -0.4 is 5.32 Å². The number of fused-ring (bicyclic) bond motifs is 1. The number of ether oxygens (including phenoxy) is 1. The lowest BCUT2D eigenvalue weighted by Gasteiger charge is -2.36. The van der Waals surface area contributed by atoms with Gasteiger partial charge in [0.25, 0.3) is 0 Å². The third-order valence-corrected chi connectivity index (χ3v) is 4.15. The molecular formula is C18H26N4O2. The molecule has 6 nitrogen and oxygen atoms in total. The summed E-state index contributed by atoms with van der Waals surface area (Å²) in [5, 5.41) is 3.34. The maximum Gasteiger partial charge on any atom is 0.410 e. The van der Waals surface area contributed by atoms with Crippen molar-refractivity contribution in [3.05, 3.63) is 24.3 Å². The number of carbonyl (C=O) groups excluding carboxylic acids is 1. The zero-order valence-electron chi connectivity index (χ0n) is 14.6. The molecule has 0 radical (unpaired) electrons. The van der Waals surface area contributed by atoms with Crippen molar-refractivity contribution < 1.29 is 9.53 Å². The van der Waals surface area contributed by atoms with Crippen molar-refractivity contribution in [3.8, 4) is 0 Å². The first kappa shape index (κ1) is 16.6. The van der Waals surface area contributed by atoms with Crippen LogP contribution in [0.4, 0.5) is 10.7 Å². The number of hydrogen-bond acceptors (Lipinski definition) is 4. The number of amides is 1. The molecule has 1 aliphatic rings. The summed E-state index contributed by atoms with van der Waals surface area (Å²) in [4.78, 5) is 22.1. The van der Waals surface area contributed by atoms with Crippen molar-refractivity contribution in [3.63, 3.8) is 0 Å².